The number of aromatic nitrogens is 1. The molecule has 2 atom stereocenters. The molecular formula is C24H28ClN3OS2. The molecule has 3 aromatic rings. The van der Waals surface area contributed by atoms with E-state index in [1.807, 2.05) is 32.0 Å². The molecule has 0 amide bonds. The van der Waals surface area contributed by atoms with Crippen molar-refractivity contribution in [2.24, 2.45) is 5.73 Å². The van der Waals surface area contributed by atoms with Gasteiger partial charge in [-0.3, -0.25) is 4.72 Å². The predicted octanol–water partition coefficient (Wildman–Crippen LogP) is 5.69. The third-order valence-electron chi connectivity index (χ3n) is 5.62. The molecule has 4 nitrogen and oxygen atoms in total. The Bertz CT molecular complexity index is 1040. The van der Waals surface area contributed by atoms with Crippen LogP contribution in [-0.4, -0.2) is 24.2 Å². The van der Waals surface area contributed by atoms with Gasteiger partial charge in [0.2, 0.25) is 0 Å². The third-order valence-corrected chi connectivity index (χ3v) is 8.06. The highest BCUT2D eigenvalue weighted by Gasteiger charge is 2.27. The molecule has 0 bridgehead atoms. The Labute approximate surface area is 197 Å². The first-order valence-corrected chi connectivity index (χ1v) is 12.6. The fourth-order valence-corrected chi connectivity index (χ4v) is 6.18. The van der Waals surface area contributed by atoms with Crippen LogP contribution in [0.15, 0.2) is 46.7 Å². The third kappa shape index (κ3) is 5.82. The Kier molecular flexibility index (Phi) is 7.56. The number of hydrogen-bond acceptors (Lipinski definition) is 6. The fourth-order valence-electron chi connectivity index (χ4n) is 4.10. The zero-order valence-electron chi connectivity index (χ0n) is 17.9. The largest absolute Gasteiger partial charge is 0.492 e. The second-order valence-corrected chi connectivity index (χ2v) is 10.8. The quantitative estimate of drug-likeness (QED) is 0.325. The van der Waals surface area contributed by atoms with Crippen LogP contribution in [0.5, 0.6) is 5.75 Å². The van der Waals surface area contributed by atoms with Gasteiger partial charge >= 0.3 is 0 Å². The Hall–Kier alpha value is -1.57. The monoisotopic (exact) mass is 473 g/mol. The van der Waals surface area contributed by atoms with Crippen molar-refractivity contribution in [2.45, 2.75) is 49.3 Å². The molecule has 1 aliphatic rings. The van der Waals surface area contributed by atoms with Gasteiger partial charge in [0.1, 0.15) is 12.4 Å². The average molecular weight is 474 g/mol. The molecule has 1 aromatic heterocycles. The molecule has 4 rings (SSSR count). The smallest absolute Gasteiger partial charge is 0.119 e. The second kappa shape index (κ2) is 10.4. The summed E-state index contributed by atoms with van der Waals surface area (Å²) in [6.45, 7) is 5.44. The molecule has 3 N–H and O–H groups in total. The standard InChI is InChI=1S/C24H28ClN3OS2/c1-15-24(30-16(2)28-15)31-27-10-11-29-20-8-6-18-7-9-23(26)22(21(18)14-20)13-17-4-3-5-19(25)12-17/h3-6,8,12,14,22-23,27H,7,9-11,13,26H2,1-2H3. The van der Waals surface area contributed by atoms with Gasteiger partial charge in [-0.05, 0) is 86.0 Å². The number of rotatable bonds is 8. The van der Waals surface area contributed by atoms with Gasteiger partial charge in [0, 0.05) is 23.5 Å². The number of hydrogen-bond donors (Lipinski definition) is 2. The summed E-state index contributed by atoms with van der Waals surface area (Å²) in [5, 5.41) is 1.87. The van der Waals surface area contributed by atoms with E-state index >= 15 is 0 Å². The number of nitrogens with zero attached hydrogens (tertiary/aromatic N) is 1. The molecule has 0 fully saturated rings. The van der Waals surface area contributed by atoms with Gasteiger partial charge in [-0.2, -0.15) is 0 Å². The normalized spacial score (nSPS) is 18.1. The minimum atomic E-state index is 0.144. The molecule has 0 radical (unpaired) electrons. The summed E-state index contributed by atoms with van der Waals surface area (Å²) < 4.78 is 10.6. The first-order chi connectivity index (χ1) is 15.0. The van der Waals surface area contributed by atoms with Gasteiger partial charge in [-0.25, -0.2) is 4.98 Å². The van der Waals surface area contributed by atoms with E-state index in [1.165, 1.54) is 20.9 Å². The maximum absolute atomic E-state index is 6.55. The summed E-state index contributed by atoms with van der Waals surface area (Å²) in [4.78, 5) is 4.46. The Balaban J connectivity index is 1.37. The van der Waals surface area contributed by atoms with E-state index in [0.717, 1.165) is 47.3 Å². The maximum Gasteiger partial charge on any atom is 0.119 e. The van der Waals surface area contributed by atoms with Crippen molar-refractivity contribution in [1.82, 2.24) is 9.71 Å². The Morgan fingerprint density at radius 3 is 2.90 bits per heavy atom. The molecule has 0 spiro atoms. The van der Waals surface area contributed by atoms with Crippen LogP contribution in [-0.2, 0) is 12.8 Å². The predicted molar refractivity (Wildman–Crippen MR) is 132 cm³/mol. The van der Waals surface area contributed by atoms with Crippen LogP contribution in [0.3, 0.4) is 0 Å². The van der Waals surface area contributed by atoms with E-state index in [0.29, 0.717) is 6.61 Å². The van der Waals surface area contributed by atoms with Crippen LogP contribution < -0.4 is 15.2 Å². The minimum absolute atomic E-state index is 0.144. The molecule has 0 saturated carbocycles. The lowest BCUT2D eigenvalue weighted by molar-refractivity contribution is 0.323. The summed E-state index contributed by atoms with van der Waals surface area (Å²) in [5.41, 5.74) is 11.5. The zero-order chi connectivity index (χ0) is 21.8. The van der Waals surface area contributed by atoms with Crippen LogP contribution in [0.4, 0.5) is 0 Å². The summed E-state index contributed by atoms with van der Waals surface area (Å²) in [7, 11) is 0. The number of thiazole rings is 1. The lowest BCUT2D eigenvalue weighted by Gasteiger charge is -2.32. The van der Waals surface area contributed by atoms with Gasteiger partial charge < -0.3 is 10.5 Å². The van der Waals surface area contributed by atoms with Crippen LogP contribution in [0.2, 0.25) is 5.02 Å². The molecule has 1 aliphatic carbocycles. The molecule has 0 aliphatic heterocycles. The van der Waals surface area contributed by atoms with E-state index in [2.05, 4.69) is 34.0 Å². The number of halogens is 1. The number of nitrogens with one attached hydrogen (secondary N) is 1. The Morgan fingerprint density at radius 1 is 1.26 bits per heavy atom. The topological polar surface area (TPSA) is 60.2 Å². The number of nitrogens with two attached hydrogens (primary N) is 1. The van der Waals surface area contributed by atoms with E-state index in [4.69, 9.17) is 22.1 Å². The van der Waals surface area contributed by atoms with Crippen molar-refractivity contribution < 1.29 is 4.74 Å². The minimum Gasteiger partial charge on any atom is -0.492 e. The molecule has 1 heterocycles. The highest BCUT2D eigenvalue weighted by Crippen LogP contribution is 2.36. The lowest BCUT2D eigenvalue weighted by atomic mass is 9.76. The van der Waals surface area contributed by atoms with Crippen LogP contribution in [0.25, 0.3) is 0 Å². The van der Waals surface area contributed by atoms with Crippen molar-refractivity contribution >= 4 is 34.9 Å². The molecule has 2 aromatic carbocycles. The van der Waals surface area contributed by atoms with Gasteiger partial charge in [0.05, 0.1) is 14.9 Å². The van der Waals surface area contributed by atoms with Crippen LogP contribution in [0, 0.1) is 13.8 Å². The van der Waals surface area contributed by atoms with Gasteiger partial charge in [-0.15, -0.1) is 11.3 Å². The summed E-state index contributed by atoms with van der Waals surface area (Å²) >= 11 is 9.54. The second-order valence-electron chi connectivity index (χ2n) is 7.95. The van der Waals surface area contributed by atoms with E-state index < -0.39 is 0 Å². The first kappa shape index (κ1) is 22.6. The summed E-state index contributed by atoms with van der Waals surface area (Å²) in [6, 6.07) is 14.7. The SMILES string of the molecule is Cc1nc(C)c(SNCCOc2ccc3c(c2)C(Cc2cccc(Cl)c2)C(N)CC3)s1. The average Bonchev–Trinajstić information content (AvgIpc) is 3.07. The van der Waals surface area contributed by atoms with Crippen LogP contribution >= 0.6 is 34.9 Å². The molecule has 7 heteroatoms. The van der Waals surface area contributed by atoms with Gasteiger partial charge in [-0.1, -0.05) is 29.8 Å². The molecular weight excluding hydrogens is 446 g/mol. The van der Waals surface area contributed by atoms with E-state index in [1.54, 1.807) is 23.3 Å². The molecule has 31 heavy (non-hydrogen) atoms. The zero-order valence-corrected chi connectivity index (χ0v) is 20.2. The highest BCUT2D eigenvalue weighted by atomic mass is 35.5. The maximum atomic E-state index is 6.55. The summed E-state index contributed by atoms with van der Waals surface area (Å²) in [6.07, 6.45) is 2.93. The summed E-state index contributed by atoms with van der Waals surface area (Å²) in [5.74, 6) is 1.18. The van der Waals surface area contributed by atoms with Gasteiger partial charge in [0.15, 0.2) is 0 Å². The van der Waals surface area contributed by atoms with Gasteiger partial charge in [0.25, 0.3) is 0 Å². The number of ether oxygens (including phenoxy) is 1. The number of aryl methyl sites for hydroxylation is 3. The molecule has 164 valence electrons. The van der Waals surface area contributed by atoms with Crippen molar-refractivity contribution in [3.63, 3.8) is 0 Å². The number of benzene rings is 2. The van der Waals surface area contributed by atoms with Crippen molar-refractivity contribution in [3.05, 3.63) is 74.9 Å². The lowest BCUT2D eigenvalue weighted by Crippen LogP contribution is -2.34. The van der Waals surface area contributed by atoms with E-state index in [-0.39, 0.29) is 12.0 Å². The van der Waals surface area contributed by atoms with E-state index in [9.17, 15) is 0 Å². The Morgan fingerprint density at radius 2 is 2.13 bits per heavy atom. The van der Waals surface area contributed by atoms with Crippen molar-refractivity contribution in [2.75, 3.05) is 13.2 Å². The molecule has 0 saturated heterocycles. The van der Waals surface area contributed by atoms with Crippen molar-refractivity contribution in [3.8, 4) is 5.75 Å². The molecule has 2 unspecified atom stereocenters. The first-order valence-electron chi connectivity index (χ1n) is 10.6. The van der Waals surface area contributed by atoms with Crippen molar-refractivity contribution in [1.29, 1.82) is 0 Å². The van der Waals surface area contributed by atoms with Crippen LogP contribution in [0.1, 0.15) is 39.7 Å². The fraction of sp³-hybridized carbons (Fsp3) is 0.375. The number of fused-ring (bicyclic) bond motifs is 1. The highest BCUT2D eigenvalue weighted by molar-refractivity contribution is 7.99.